The lowest BCUT2D eigenvalue weighted by atomic mass is 10.2. The van der Waals surface area contributed by atoms with Crippen LogP contribution in [0.1, 0.15) is 21.7 Å². The molecule has 0 atom stereocenters. The Balaban J connectivity index is 2.47. The SMILES string of the molecule is Cc1cc(Sc2ncco2)c(C(=O)O)c(C)n1. The van der Waals surface area contributed by atoms with Crippen molar-refractivity contribution in [1.29, 1.82) is 0 Å². The molecule has 0 amide bonds. The topological polar surface area (TPSA) is 76.2 Å². The summed E-state index contributed by atoms with van der Waals surface area (Å²) < 4.78 is 5.09. The zero-order valence-electron chi connectivity index (χ0n) is 9.30. The normalized spacial score (nSPS) is 10.5. The second-order valence-corrected chi connectivity index (χ2v) is 4.42. The predicted molar refractivity (Wildman–Crippen MR) is 61.3 cm³/mol. The molecule has 5 nitrogen and oxygen atoms in total. The number of oxazole rings is 1. The third-order valence-corrected chi connectivity index (χ3v) is 3.03. The smallest absolute Gasteiger partial charge is 0.338 e. The molecule has 88 valence electrons. The Bertz CT molecular complexity index is 552. The maximum Gasteiger partial charge on any atom is 0.338 e. The molecule has 0 aliphatic rings. The van der Waals surface area contributed by atoms with Gasteiger partial charge in [-0.2, -0.15) is 0 Å². The summed E-state index contributed by atoms with van der Waals surface area (Å²) in [6.07, 6.45) is 2.97. The Morgan fingerprint density at radius 2 is 2.24 bits per heavy atom. The van der Waals surface area contributed by atoms with E-state index in [0.717, 1.165) is 5.69 Å². The summed E-state index contributed by atoms with van der Waals surface area (Å²) in [7, 11) is 0. The van der Waals surface area contributed by atoms with E-state index in [1.54, 1.807) is 13.0 Å². The molecule has 2 heterocycles. The Labute approximate surface area is 102 Å². The van der Waals surface area contributed by atoms with E-state index >= 15 is 0 Å². The summed E-state index contributed by atoms with van der Waals surface area (Å²) in [6, 6.07) is 1.71. The number of carboxylic acids is 1. The molecule has 2 aromatic rings. The number of carboxylic acid groups (broad SMARTS) is 1. The molecule has 17 heavy (non-hydrogen) atoms. The summed E-state index contributed by atoms with van der Waals surface area (Å²) in [5, 5.41) is 9.58. The fraction of sp³-hybridized carbons (Fsp3) is 0.182. The van der Waals surface area contributed by atoms with Crippen LogP contribution in [0.15, 0.2) is 33.1 Å². The van der Waals surface area contributed by atoms with Gasteiger partial charge in [0.25, 0.3) is 5.22 Å². The van der Waals surface area contributed by atoms with Crippen molar-refractivity contribution in [2.24, 2.45) is 0 Å². The largest absolute Gasteiger partial charge is 0.478 e. The molecule has 0 bridgehead atoms. The van der Waals surface area contributed by atoms with Crippen LogP contribution >= 0.6 is 11.8 Å². The van der Waals surface area contributed by atoms with Crippen molar-refractivity contribution in [2.45, 2.75) is 24.0 Å². The molecule has 6 heteroatoms. The molecule has 0 aromatic carbocycles. The molecule has 2 aromatic heterocycles. The average molecular weight is 250 g/mol. The van der Waals surface area contributed by atoms with Crippen LogP contribution in [0, 0.1) is 13.8 Å². The van der Waals surface area contributed by atoms with Gasteiger partial charge in [0, 0.05) is 10.6 Å². The van der Waals surface area contributed by atoms with Crippen LogP contribution in [-0.2, 0) is 0 Å². The summed E-state index contributed by atoms with van der Waals surface area (Å²) in [4.78, 5) is 19.9. The minimum absolute atomic E-state index is 0.193. The zero-order valence-corrected chi connectivity index (χ0v) is 10.1. The lowest BCUT2D eigenvalue weighted by Crippen LogP contribution is -2.05. The number of hydrogen-bond acceptors (Lipinski definition) is 5. The molecular formula is C11H10N2O3S. The first-order valence-corrected chi connectivity index (χ1v) is 5.68. The number of aromatic carboxylic acids is 1. The summed E-state index contributed by atoms with van der Waals surface area (Å²) in [5.41, 5.74) is 1.45. The Kier molecular flexibility index (Phi) is 3.14. The van der Waals surface area contributed by atoms with Gasteiger partial charge in [-0.25, -0.2) is 9.78 Å². The molecule has 1 N–H and O–H groups in total. The fourth-order valence-corrected chi connectivity index (χ4v) is 2.46. The molecule has 0 saturated heterocycles. The van der Waals surface area contributed by atoms with Crippen molar-refractivity contribution < 1.29 is 14.3 Å². The van der Waals surface area contributed by atoms with Crippen LogP contribution in [0.5, 0.6) is 0 Å². The standard InChI is InChI=1S/C11H10N2O3S/c1-6-5-8(17-11-12-3-4-16-11)9(10(14)15)7(2)13-6/h3-5H,1-2H3,(H,14,15). The highest BCUT2D eigenvalue weighted by molar-refractivity contribution is 7.99. The number of pyridine rings is 1. The van der Waals surface area contributed by atoms with Crippen LogP contribution < -0.4 is 0 Å². The average Bonchev–Trinajstić information content (AvgIpc) is 2.68. The first kappa shape index (κ1) is 11.7. The summed E-state index contributed by atoms with van der Waals surface area (Å²) >= 11 is 1.18. The lowest BCUT2D eigenvalue weighted by Gasteiger charge is -2.07. The minimum Gasteiger partial charge on any atom is -0.478 e. The minimum atomic E-state index is -0.996. The van der Waals surface area contributed by atoms with Crippen molar-refractivity contribution in [1.82, 2.24) is 9.97 Å². The van der Waals surface area contributed by atoms with Crippen molar-refractivity contribution in [3.8, 4) is 0 Å². The highest BCUT2D eigenvalue weighted by atomic mass is 32.2. The molecule has 0 spiro atoms. The monoisotopic (exact) mass is 250 g/mol. The first-order valence-electron chi connectivity index (χ1n) is 4.87. The van der Waals surface area contributed by atoms with Crippen LogP contribution in [0.4, 0.5) is 0 Å². The van der Waals surface area contributed by atoms with E-state index < -0.39 is 5.97 Å². The van der Waals surface area contributed by atoms with Crippen LogP contribution in [0.3, 0.4) is 0 Å². The third kappa shape index (κ3) is 2.47. The first-order chi connectivity index (χ1) is 8.08. The van der Waals surface area contributed by atoms with Crippen molar-refractivity contribution in [2.75, 3.05) is 0 Å². The van der Waals surface area contributed by atoms with Crippen LogP contribution in [0.2, 0.25) is 0 Å². The van der Waals surface area contributed by atoms with Gasteiger partial charge in [-0.1, -0.05) is 0 Å². The number of aryl methyl sites for hydroxylation is 2. The molecule has 2 rings (SSSR count). The van der Waals surface area contributed by atoms with Gasteiger partial charge in [-0.05, 0) is 31.7 Å². The Morgan fingerprint density at radius 1 is 1.47 bits per heavy atom. The van der Waals surface area contributed by atoms with E-state index in [2.05, 4.69) is 9.97 Å². The van der Waals surface area contributed by atoms with Gasteiger partial charge in [0.05, 0.1) is 17.5 Å². The summed E-state index contributed by atoms with van der Waals surface area (Å²) in [5.74, 6) is -0.996. The molecule has 0 fully saturated rings. The predicted octanol–water partition coefficient (Wildman–Crippen LogP) is 2.54. The molecule has 0 unspecified atom stereocenters. The van der Waals surface area contributed by atoms with Gasteiger partial charge in [-0.3, -0.25) is 4.98 Å². The van der Waals surface area contributed by atoms with Crippen molar-refractivity contribution in [3.63, 3.8) is 0 Å². The number of hydrogen-bond donors (Lipinski definition) is 1. The Hall–Kier alpha value is -1.82. The number of aromatic nitrogens is 2. The third-order valence-electron chi connectivity index (χ3n) is 2.11. The van der Waals surface area contributed by atoms with Gasteiger partial charge >= 0.3 is 5.97 Å². The zero-order chi connectivity index (χ0) is 12.4. The fourth-order valence-electron chi connectivity index (χ4n) is 1.49. The lowest BCUT2D eigenvalue weighted by molar-refractivity contribution is 0.0691. The molecule has 0 aliphatic carbocycles. The highest BCUT2D eigenvalue weighted by Crippen LogP contribution is 2.30. The van der Waals surface area contributed by atoms with Gasteiger partial charge in [0.1, 0.15) is 6.26 Å². The van der Waals surface area contributed by atoms with Crippen LogP contribution in [0.25, 0.3) is 0 Å². The molecule has 0 radical (unpaired) electrons. The molecule has 0 saturated carbocycles. The van der Waals surface area contributed by atoms with Crippen LogP contribution in [-0.4, -0.2) is 21.0 Å². The maximum absolute atomic E-state index is 11.2. The number of rotatable bonds is 3. The maximum atomic E-state index is 11.2. The van der Waals surface area contributed by atoms with E-state index in [1.165, 1.54) is 24.2 Å². The second-order valence-electron chi connectivity index (χ2n) is 3.43. The Morgan fingerprint density at radius 3 is 2.82 bits per heavy atom. The van der Waals surface area contributed by atoms with Crippen molar-refractivity contribution >= 4 is 17.7 Å². The van der Waals surface area contributed by atoms with E-state index in [4.69, 9.17) is 9.52 Å². The highest BCUT2D eigenvalue weighted by Gasteiger charge is 2.17. The van der Waals surface area contributed by atoms with E-state index in [0.29, 0.717) is 15.8 Å². The number of carbonyl (C=O) groups is 1. The van der Waals surface area contributed by atoms with Crippen molar-refractivity contribution in [3.05, 3.63) is 35.5 Å². The molecular weight excluding hydrogens is 240 g/mol. The number of nitrogens with zero attached hydrogens (tertiary/aromatic N) is 2. The van der Waals surface area contributed by atoms with Gasteiger partial charge in [0.2, 0.25) is 0 Å². The van der Waals surface area contributed by atoms with E-state index in [1.807, 2.05) is 6.92 Å². The van der Waals surface area contributed by atoms with Gasteiger partial charge in [0.15, 0.2) is 0 Å². The second kappa shape index (κ2) is 4.58. The summed E-state index contributed by atoms with van der Waals surface area (Å²) in [6.45, 7) is 3.49. The van der Waals surface area contributed by atoms with E-state index in [-0.39, 0.29) is 5.56 Å². The quantitative estimate of drug-likeness (QED) is 0.902. The van der Waals surface area contributed by atoms with Gasteiger partial charge in [-0.15, -0.1) is 0 Å². The molecule has 0 aliphatic heterocycles. The van der Waals surface area contributed by atoms with E-state index in [9.17, 15) is 4.79 Å². The van der Waals surface area contributed by atoms with Gasteiger partial charge < -0.3 is 9.52 Å².